The molecule has 0 saturated heterocycles. The lowest BCUT2D eigenvalue weighted by atomic mass is 9.95. The first-order valence-corrected chi connectivity index (χ1v) is 5.79. The van der Waals surface area contributed by atoms with Crippen LogP contribution < -0.4 is 9.47 Å². The summed E-state index contributed by atoms with van der Waals surface area (Å²) in [6.07, 6.45) is 4.72. The molecule has 0 radical (unpaired) electrons. The van der Waals surface area contributed by atoms with E-state index in [2.05, 4.69) is 5.92 Å². The molecule has 0 fully saturated rings. The Morgan fingerprint density at radius 1 is 1.39 bits per heavy atom. The second-order valence-corrected chi connectivity index (χ2v) is 4.25. The Morgan fingerprint density at radius 3 is 2.67 bits per heavy atom. The number of fused-ring (bicyclic) bond motifs is 1. The number of methoxy groups -OCH3 is 2. The van der Waals surface area contributed by atoms with Crippen LogP contribution in [0.2, 0.25) is 0 Å². The highest BCUT2D eigenvalue weighted by molar-refractivity contribution is 5.51. The van der Waals surface area contributed by atoms with Gasteiger partial charge in [0.1, 0.15) is 11.5 Å². The third-order valence-electron chi connectivity index (χ3n) is 3.17. The molecule has 0 bridgehead atoms. The number of β-amino-alcohol motifs (C(OH)–C–C–N with tert-alkyl or cyclic N) is 1. The molecule has 0 aliphatic carbocycles. The van der Waals surface area contributed by atoms with Crippen LogP contribution >= 0.6 is 0 Å². The average molecular weight is 247 g/mol. The number of aliphatic hydroxyl groups excluding tert-OH is 1. The van der Waals surface area contributed by atoms with Gasteiger partial charge in [0.2, 0.25) is 0 Å². The van der Waals surface area contributed by atoms with Gasteiger partial charge in [-0.3, -0.25) is 4.90 Å². The van der Waals surface area contributed by atoms with Crippen LogP contribution in [0.4, 0.5) is 0 Å². The second kappa shape index (κ2) is 5.30. The van der Waals surface area contributed by atoms with E-state index in [1.54, 1.807) is 14.2 Å². The molecule has 1 aliphatic rings. The molecule has 0 aromatic heterocycles. The maximum Gasteiger partial charge on any atom is 0.125 e. The fourth-order valence-corrected chi connectivity index (χ4v) is 2.39. The SMILES string of the molecule is C#CCN1Cc2c(OC)ccc(OC)c2C(O)C1. The van der Waals surface area contributed by atoms with Crippen molar-refractivity contribution in [3.8, 4) is 23.8 Å². The predicted molar refractivity (Wildman–Crippen MR) is 68.6 cm³/mol. The summed E-state index contributed by atoms with van der Waals surface area (Å²) in [7, 11) is 3.22. The van der Waals surface area contributed by atoms with Gasteiger partial charge in [-0.15, -0.1) is 6.42 Å². The molecule has 0 saturated carbocycles. The number of hydrogen-bond donors (Lipinski definition) is 1. The van der Waals surface area contributed by atoms with E-state index in [4.69, 9.17) is 15.9 Å². The van der Waals surface area contributed by atoms with Gasteiger partial charge in [-0.05, 0) is 12.1 Å². The lowest BCUT2D eigenvalue weighted by Crippen LogP contribution is -2.34. The first-order chi connectivity index (χ1) is 8.71. The van der Waals surface area contributed by atoms with E-state index < -0.39 is 6.10 Å². The summed E-state index contributed by atoms with van der Waals surface area (Å²) in [6, 6.07) is 3.67. The fraction of sp³-hybridized carbons (Fsp3) is 0.429. The van der Waals surface area contributed by atoms with Crippen molar-refractivity contribution in [3.63, 3.8) is 0 Å². The fourth-order valence-electron chi connectivity index (χ4n) is 2.39. The molecule has 1 heterocycles. The van der Waals surface area contributed by atoms with Crippen molar-refractivity contribution < 1.29 is 14.6 Å². The summed E-state index contributed by atoms with van der Waals surface area (Å²) in [5, 5.41) is 10.2. The van der Waals surface area contributed by atoms with Crippen molar-refractivity contribution in [1.82, 2.24) is 4.90 Å². The van der Waals surface area contributed by atoms with Crippen LogP contribution in [0.25, 0.3) is 0 Å². The molecule has 18 heavy (non-hydrogen) atoms. The molecule has 1 N–H and O–H groups in total. The normalized spacial score (nSPS) is 18.9. The molecule has 1 aliphatic heterocycles. The minimum absolute atomic E-state index is 0.511. The first-order valence-electron chi connectivity index (χ1n) is 5.79. The van der Waals surface area contributed by atoms with E-state index in [0.717, 1.165) is 16.9 Å². The zero-order valence-electron chi connectivity index (χ0n) is 10.6. The monoisotopic (exact) mass is 247 g/mol. The first kappa shape index (κ1) is 12.7. The van der Waals surface area contributed by atoms with Gasteiger partial charge in [0.25, 0.3) is 0 Å². The molecule has 1 aromatic rings. The topological polar surface area (TPSA) is 41.9 Å². The summed E-state index contributed by atoms with van der Waals surface area (Å²) in [5.74, 6) is 4.05. The van der Waals surface area contributed by atoms with E-state index in [1.807, 2.05) is 17.0 Å². The third-order valence-corrected chi connectivity index (χ3v) is 3.17. The van der Waals surface area contributed by atoms with E-state index >= 15 is 0 Å². The number of nitrogens with zero attached hydrogens (tertiary/aromatic N) is 1. The Morgan fingerprint density at radius 2 is 2.06 bits per heavy atom. The van der Waals surface area contributed by atoms with Crippen LogP contribution in [-0.2, 0) is 6.54 Å². The molecule has 0 amide bonds. The smallest absolute Gasteiger partial charge is 0.125 e. The van der Waals surface area contributed by atoms with Gasteiger partial charge in [0.15, 0.2) is 0 Å². The zero-order valence-corrected chi connectivity index (χ0v) is 10.6. The highest BCUT2D eigenvalue weighted by Gasteiger charge is 2.29. The van der Waals surface area contributed by atoms with Gasteiger partial charge in [-0.25, -0.2) is 0 Å². The summed E-state index contributed by atoms with van der Waals surface area (Å²) < 4.78 is 10.6. The molecule has 0 spiro atoms. The Labute approximate surface area is 107 Å². The molecular formula is C14H17NO3. The van der Waals surface area contributed by atoms with E-state index in [1.165, 1.54) is 0 Å². The third kappa shape index (κ3) is 2.15. The van der Waals surface area contributed by atoms with Crippen LogP contribution in [0.1, 0.15) is 17.2 Å². The van der Waals surface area contributed by atoms with E-state index in [9.17, 15) is 5.11 Å². The van der Waals surface area contributed by atoms with Gasteiger partial charge in [0.05, 0.1) is 26.9 Å². The predicted octanol–water partition coefficient (Wildman–Crippen LogP) is 1.19. The lowest BCUT2D eigenvalue weighted by Gasteiger charge is -2.32. The highest BCUT2D eigenvalue weighted by Crippen LogP contribution is 2.39. The molecule has 2 rings (SSSR count). The Bertz CT molecular complexity index is 479. The number of benzene rings is 1. The number of rotatable bonds is 3. The summed E-state index contributed by atoms with van der Waals surface area (Å²) in [5.41, 5.74) is 1.76. The standard InChI is InChI=1S/C14H17NO3/c1-4-7-15-8-10-12(17-2)5-6-13(18-3)14(10)11(16)9-15/h1,5-6,11,16H,7-9H2,2-3H3. The number of terminal acetylenes is 1. The van der Waals surface area contributed by atoms with Crippen molar-refractivity contribution in [2.75, 3.05) is 27.3 Å². The molecule has 96 valence electrons. The van der Waals surface area contributed by atoms with Crippen molar-refractivity contribution in [2.45, 2.75) is 12.6 Å². The van der Waals surface area contributed by atoms with Gasteiger partial charge in [-0.1, -0.05) is 5.92 Å². The van der Waals surface area contributed by atoms with Gasteiger partial charge in [0, 0.05) is 24.2 Å². The van der Waals surface area contributed by atoms with E-state index in [-0.39, 0.29) is 0 Å². The van der Waals surface area contributed by atoms with Gasteiger partial charge >= 0.3 is 0 Å². The Kier molecular flexibility index (Phi) is 3.75. The van der Waals surface area contributed by atoms with Crippen molar-refractivity contribution in [3.05, 3.63) is 23.3 Å². The summed E-state index contributed by atoms with van der Waals surface area (Å²) >= 11 is 0. The molecule has 1 atom stereocenters. The number of hydrogen-bond acceptors (Lipinski definition) is 4. The second-order valence-electron chi connectivity index (χ2n) is 4.25. The van der Waals surface area contributed by atoms with Crippen molar-refractivity contribution in [1.29, 1.82) is 0 Å². The van der Waals surface area contributed by atoms with Crippen LogP contribution in [0, 0.1) is 12.3 Å². The maximum atomic E-state index is 10.2. The van der Waals surface area contributed by atoms with Crippen LogP contribution in [0.3, 0.4) is 0 Å². The minimum Gasteiger partial charge on any atom is -0.496 e. The molecule has 4 heteroatoms. The number of ether oxygens (including phenoxy) is 2. The molecule has 1 aromatic carbocycles. The number of aliphatic hydroxyl groups is 1. The van der Waals surface area contributed by atoms with Crippen molar-refractivity contribution >= 4 is 0 Å². The average Bonchev–Trinajstić information content (AvgIpc) is 2.37. The Hall–Kier alpha value is -1.70. The summed E-state index contributed by atoms with van der Waals surface area (Å²) in [4.78, 5) is 2.01. The van der Waals surface area contributed by atoms with Crippen molar-refractivity contribution in [2.24, 2.45) is 0 Å². The molecule has 1 unspecified atom stereocenters. The zero-order chi connectivity index (χ0) is 13.1. The molecule has 4 nitrogen and oxygen atoms in total. The van der Waals surface area contributed by atoms with Gasteiger partial charge in [-0.2, -0.15) is 0 Å². The largest absolute Gasteiger partial charge is 0.496 e. The van der Waals surface area contributed by atoms with Crippen LogP contribution in [0.5, 0.6) is 11.5 Å². The summed E-state index contributed by atoms with van der Waals surface area (Å²) in [6.45, 7) is 1.69. The Balaban J connectivity index is 2.46. The quantitative estimate of drug-likeness (QED) is 0.815. The maximum absolute atomic E-state index is 10.2. The van der Waals surface area contributed by atoms with Crippen LogP contribution in [0.15, 0.2) is 12.1 Å². The van der Waals surface area contributed by atoms with Gasteiger partial charge < -0.3 is 14.6 Å². The van der Waals surface area contributed by atoms with Crippen LogP contribution in [-0.4, -0.2) is 37.3 Å². The molecular weight excluding hydrogens is 230 g/mol. The lowest BCUT2D eigenvalue weighted by molar-refractivity contribution is 0.0964. The van der Waals surface area contributed by atoms with E-state index in [0.29, 0.717) is 25.4 Å². The minimum atomic E-state index is -0.604. The highest BCUT2D eigenvalue weighted by atomic mass is 16.5.